The van der Waals surface area contributed by atoms with Crippen LogP contribution in [0.4, 0.5) is 0 Å². The van der Waals surface area contributed by atoms with Crippen molar-refractivity contribution >= 4 is 11.6 Å². The summed E-state index contributed by atoms with van der Waals surface area (Å²) in [5, 5.41) is 9.32. The normalized spacial score (nSPS) is 10.8. The van der Waals surface area contributed by atoms with E-state index >= 15 is 0 Å². The number of hydrogen-bond acceptors (Lipinski definition) is 4. The van der Waals surface area contributed by atoms with Crippen molar-refractivity contribution in [3.05, 3.63) is 53.9 Å². The zero-order chi connectivity index (χ0) is 14.4. The van der Waals surface area contributed by atoms with Crippen LogP contribution in [-0.4, -0.2) is 19.2 Å². The largest absolute Gasteiger partial charge is 0.493 e. The van der Waals surface area contributed by atoms with Gasteiger partial charge >= 0.3 is 0 Å². The van der Waals surface area contributed by atoms with Crippen LogP contribution in [0.1, 0.15) is 11.1 Å². The molecule has 4 heteroatoms. The highest BCUT2D eigenvalue weighted by atomic mass is 16.5. The summed E-state index contributed by atoms with van der Waals surface area (Å²) in [6.07, 6.45) is 5.19. The third-order valence-corrected chi connectivity index (χ3v) is 2.83. The molecule has 0 amide bonds. The van der Waals surface area contributed by atoms with E-state index in [1.54, 1.807) is 38.7 Å². The fourth-order valence-electron chi connectivity index (χ4n) is 1.81. The molecule has 0 saturated carbocycles. The van der Waals surface area contributed by atoms with Crippen LogP contribution in [0, 0.1) is 11.3 Å². The lowest BCUT2D eigenvalue weighted by Crippen LogP contribution is -1.92. The van der Waals surface area contributed by atoms with Gasteiger partial charge < -0.3 is 9.47 Å². The molecule has 4 nitrogen and oxygen atoms in total. The van der Waals surface area contributed by atoms with Gasteiger partial charge in [0.05, 0.1) is 25.9 Å². The van der Waals surface area contributed by atoms with Gasteiger partial charge in [-0.2, -0.15) is 5.26 Å². The Hall–Kier alpha value is -2.80. The van der Waals surface area contributed by atoms with E-state index in [1.807, 2.05) is 24.3 Å². The van der Waals surface area contributed by atoms with Crippen molar-refractivity contribution in [1.82, 2.24) is 4.98 Å². The van der Waals surface area contributed by atoms with Gasteiger partial charge in [0.25, 0.3) is 0 Å². The molecule has 20 heavy (non-hydrogen) atoms. The molecular weight excluding hydrogens is 252 g/mol. The molecule has 0 aliphatic carbocycles. The predicted molar refractivity (Wildman–Crippen MR) is 77.3 cm³/mol. The van der Waals surface area contributed by atoms with Gasteiger partial charge in [-0.15, -0.1) is 0 Å². The summed E-state index contributed by atoms with van der Waals surface area (Å²) in [6, 6.07) is 11.3. The molecule has 0 aliphatic heterocycles. The summed E-state index contributed by atoms with van der Waals surface area (Å²) in [4.78, 5) is 3.95. The number of pyridine rings is 1. The number of aromatic nitrogens is 1. The maximum absolute atomic E-state index is 9.32. The molecule has 0 atom stereocenters. The molecule has 0 N–H and O–H groups in total. The van der Waals surface area contributed by atoms with Crippen molar-refractivity contribution in [2.75, 3.05) is 14.2 Å². The highest BCUT2D eigenvalue weighted by Gasteiger charge is 2.07. The average molecular weight is 266 g/mol. The van der Waals surface area contributed by atoms with Crippen molar-refractivity contribution in [2.24, 2.45) is 0 Å². The van der Waals surface area contributed by atoms with Crippen LogP contribution >= 0.6 is 0 Å². The van der Waals surface area contributed by atoms with Gasteiger partial charge in [-0.25, -0.2) is 0 Å². The monoisotopic (exact) mass is 266 g/mol. The quantitative estimate of drug-likeness (QED) is 0.798. The Balaban J connectivity index is 2.43. The Kier molecular flexibility index (Phi) is 4.35. The van der Waals surface area contributed by atoms with Crippen LogP contribution in [0.25, 0.3) is 11.6 Å². The molecule has 1 aromatic carbocycles. The molecular formula is C16H14N2O2. The first-order valence-electron chi connectivity index (χ1n) is 6.02. The number of rotatable bonds is 4. The van der Waals surface area contributed by atoms with Crippen LogP contribution < -0.4 is 9.47 Å². The molecule has 1 aromatic heterocycles. The summed E-state index contributed by atoms with van der Waals surface area (Å²) in [5.74, 6) is 1.23. The second kappa shape index (κ2) is 6.39. The Morgan fingerprint density at radius 1 is 1.10 bits per heavy atom. The second-order valence-corrected chi connectivity index (χ2v) is 4.02. The number of hydrogen-bond donors (Lipinski definition) is 0. The first kappa shape index (κ1) is 13.6. The Labute approximate surface area is 117 Å². The lowest BCUT2D eigenvalue weighted by Gasteiger charge is -2.09. The van der Waals surface area contributed by atoms with E-state index < -0.39 is 0 Å². The number of nitriles is 1. The van der Waals surface area contributed by atoms with Gasteiger partial charge in [0.15, 0.2) is 11.5 Å². The molecule has 2 aromatic rings. The predicted octanol–water partition coefficient (Wildman–Crippen LogP) is 3.16. The molecule has 100 valence electrons. The fourth-order valence-corrected chi connectivity index (χ4v) is 1.81. The molecule has 0 unspecified atom stereocenters. The standard InChI is InChI=1S/C16H14N2O2/c1-19-15-4-3-13(10-16(15)20-2)14(11-17)9-12-5-7-18-8-6-12/h3-10H,1-2H3. The third-order valence-electron chi connectivity index (χ3n) is 2.83. The first-order chi connectivity index (χ1) is 9.78. The van der Waals surface area contributed by atoms with Crippen LogP contribution in [0.5, 0.6) is 11.5 Å². The summed E-state index contributed by atoms with van der Waals surface area (Å²) in [7, 11) is 3.15. The van der Waals surface area contributed by atoms with E-state index in [0.717, 1.165) is 11.1 Å². The Bertz CT molecular complexity index is 658. The maximum Gasteiger partial charge on any atom is 0.161 e. The zero-order valence-corrected chi connectivity index (χ0v) is 11.3. The lowest BCUT2D eigenvalue weighted by atomic mass is 10.0. The minimum atomic E-state index is 0.553. The van der Waals surface area contributed by atoms with Gasteiger partial charge in [-0.05, 0) is 47.5 Å². The van der Waals surface area contributed by atoms with Gasteiger partial charge in [-0.1, -0.05) is 0 Å². The minimum Gasteiger partial charge on any atom is -0.493 e. The summed E-state index contributed by atoms with van der Waals surface area (Å²) >= 11 is 0. The molecule has 0 bridgehead atoms. The van der Waals surface area contributed by atoms with Crippen LogP contribution in [0.2, 0.25) is 0 Å². The van der Waals surface area contributed by atoms with E-state index in [9.17, 15) is 5.26 Å². The van der Waals surface area contributed by atoms with E-state index in [1.165, 1.54) is 0 Å². The van der Waals surface area contributed by atoms with Crippen LogP contribution in [-0.2, 0) is 0 Å². The summed E-state index contributed by atoms with van der Waals surface area (Å²) < 4.78 is 10.4. The maximum atomic E-state index is 9.32. The van der Waals surface area contributed by atoms with Gasteiger partial charge in [-0.3, -0.25) is 4.98 Å². The van der Waals surface area contributed by atoms with Crippen molar-refractivity contribution in [2.45, 2.75) is 0 Å². The zero-order valence-electron chi connectivity index (χ0n) is 11.3. The van der Waals surface area contributed by atoms with E-state index in [2.05, 4.69) is 11.1 Å². The molecule has 2 rings (SSSR count). The molecule has 0 fully saturated rings. The third kappa shape index (κ3) is 2.96. The Morgan fingerprint density at radius 2 is 1.80 bits per heavy atom. The van der Waals surface area contributed by atoms with Crippen molar-refractivity contribution < 1.29 is 9.47 Å². The van der Waals surface area contributed by atoms with E-state index in [0.29, 0.717) is 17.1 Å². The lowest BCUT2D eigenvalue weighted by molar-refractivity contribution is 0.355. The van der Waals surface area contributed by atoms with Crippen LogP contribution in [0.3, 0.4) is 0 Å². The number of nitrogens with zero attached hydrogens (tertiary/aromatic N) is 2. The molecule has 0 saturated heterocycles. The van der Waals surface area contributed by atoms with Gasteiger partial charge in [0.2, 0.25) is 0 Å². The van der Waals surface area contributed by atoms with Crippen LogP contribution in [0.15, 0.2) is 42.7 Å². The number of methoxy groups -OCH3 is 2. The smallest absolute Gasteiger partial charge is 0.161 e. The van der Waals surface area contributed by atoms with Gasteiger partial charge in [0.1, 0.15) is 0 Å². The highest BCUT2D eigenvalue weighted by Crippen LogP contribution is 2.30. The first-order valence-corrected chi connectivity index (χ1v) is 6.02. The topological polar surface area (TPSA) is 55.1 Å². The number of benzene rings is 1. The molecule has 0 aliphatic rings. The van der Waals surface area contributed by atoms with Crippen molar-refractivity contribution in [1.29, 1.82) is 5.26 Å². The van der Waals surface area contributed by atoms with Crippen molar-refractivity contribution in [3.63, 3.8) is 0 Å². The number of ether oxygens (including phenoxy) is 2. The summed E-state index contributed by atoms with van der Waals surface area (Å²) in [6.45, 7) is 0. The van der Waals surface area contributed by atoms with Gasteiger partial charge in [0, 0.05) is 12.4 Å². The highest BCUT2D eigenvalue weighted by molar-refractivity contribution is 5.90. The second-order valence-electron chi connectivity index (χ2n) is 4.02. The van der Waals surface area contributed by atoms with E-state index in [4.69, 9.17) is 9.47 Å². The van der Waals surface area contributed by atoms with Crippen molar-refractivity contribution in [3.8, 4) is 17.6 Å². The number of allylic oxidation sites excluding steroid dienone is 1. The summed E-state index contributed by atoms with van der Waals surface area (Å²) in [5.41, 5.74) is 2.26. The average Bonchev–Trinajstić information content (AvgIpc) is 2.53. The SMILES string of the molecule is COc1ccc(C(C#N)=Cc2ccncc2)cc1OC. The molecule has 1 heterocycles. The minimum absolute atomic E-state index is 0.553. The molecule has 0 radical (unpaired) electrons. The molecule has 0 spiro atoms. The Morgan fingerprint density at radius 3 is 2.40 bits per heavy atom. The van der Waals surface area contributed by atoms with E-state index in [-0.39, 0.29) is 0 Å². The fraction of sp³-hybridized carbons (Fsp3) is 0.125.